The van der Waals surface area contributed by atoms with Crippen molar-refractivity contribution in [2.24, 2.45) is 0 Å². The van der Waals surface area contributed by atoms with Gasteiger partial charge in [0.1, 0.15) is 17.2 Å². The number of nitrogens with zero attached hydrogens (tertiary/aromatic N) is 2. The Bertz CT molecular complexity index is 797. The number of hydrogen-bond donors (Lipinski definition) is 0. The van der Waals surface area contributed by atoms with Crippen molar-refractivity contribution in [3.8, 4) is 11.5 Å². The quantitative estimate of drug-likeness (QED) is 0.609. The molecule has 0 saturated carbocycles. The molecule has 0 aromatic heterocycles. The standard InChI is InChI=1S/C18H19FN2O4/c1-24-13-9-15(19)18(21(22)23)16(10-13)20-8-7-12(11-20)14-5-3-4-6-17(14)25-2/h3-6,9-10,12H,7-8,11H2,1-2H3. The number of anilines is 1. The van der Waals surface area contributed by atoms with E-state index in [1.54, 1.807) is 7.11 Å². The Labute approximate surface area is 144 Å². The molecule has 1 heterocycles. The van der Waals surface area contributed by atoms with E-state index in [9.17, 15) is 14.5 Å². The molecule has 0 radical (unpaired) electrons. The van der Waals surface area contributed by atoms with Crippen LogP contribution in [0.2, 0.25) is 0 Å². The molecule has 0 N–H and O–H groups in total. The first-order valence-electron chi connectivity index (χ1n) is 7.95. The maximum absolute atomic E-state index is 14.2. The molecule has 3 rings (SSSR count). The first kappa shape index (κ1) is 17.0. The first-order chi connectivity index (χ1) is 12.0. The molecule has 0 amide bonds. The highest BCUT2D eigenvalue weighted by Crippen LogP contribution is 2.41. The fourth-order valence-corrected chi connectivity index (χ4v) is 3.34. The largest absolute Gasteiger partial charge is 0.497 e. The van der Waals surface area contributed by atoms with E-state index in [2.05, 4.69) is 0 Å². The average molecular weight is 346 g/mol. The van der Waals surface area contributed by atoms with Crippen LogP contribution in [0.1, 0.15) is 17.9 Å². The highest BCUT2D eigenvalue weighted by Gasteiger charge is 2.32. The van der Waals surface area contributed by atoms with E-state index in [-0.39, 0.29) is 17.4 Å². The number of nitro groups is 1. The summed E-state index contributed by atoms with van der Waals surface area (Å²) >= 11 is 0. The molecule has 1 fully saturated rings. The van der Waals surface area contributed by atoms with Crippen LogP contribution in [-0.4, -0.2) is 32.2 Å². The van der Waals surface area contributed by atoms with Crippen molar-refractivity contribution < 1.29 is 18.8 Å². The van der Waals surface area contributed by atoms with E-state index in [0.29, 0.717) is 13.1 Å². The number of benzene rings is 2. The predicted octanol–water partition coefficient (Wildman–Crippen LogP) is 3.75. The summed E-state index contributed by atoms with van der Waals surface area (Å²) in [6, 6.07) is 10.3. The summed E-state index contributed by atoms with van der Waals surface area (Å²) in [6.45, 7) is 1.14. The van der Waals surface area contributed by atoms with Crippen LogP contribution >= 0.6 is 0 Å². The lowest BCUT2D eigenvalue weighted by molar-refractivity contribution is -0.386. The lowest BCUT2D eigenvalue weighted by Gasteiger charge is -2.20. The Morgan fingerprint density at radius 2 is 2.00 bits per heavy atom. The molecule has 132 valence electrons. The molecular formula is C18H19FN2O4. The minimum atomic E-state index is -0.889. The Hall–Kier alpha value is -2.83. The van der Waals surface area contributed by atoms with Crippen molar-refractivity contribution in [1.29, 1.82) is 0 Å². The highest BCUT2D eigenvalue weighted by molar-refractivity contribution is 5.67. The molecule has 0 bridgehead atoms. The van der Waals surface area contributed by atoms with Gasteiger partial charge in [0.25, 0.3) is 0 Å². The summed E-state index contributed by atoms with van der Waals surface area (Å²) in [5.74, 6) is 0.324. The number of rotatable bonds is 5. The minimum Gasteiger partial charge on any atom is -0.497 e. The second-order valence-corrected chi connectivity index (χ2v) is 5.91. The zero-order valence-electron chi connectivity index (χ0n) is 14.1. The van der Waals surface area contributed by atoms with Crippen LogP contribution < -0.4 is 14.4 Å². The van der Waals surface area contributed by atoms with Gasteiger partial charge in [-0.2, -0.15) is 4.39 Å². The topological polar surface area (TPSA) is 64.8 Å². The molecule has 0 aliphatic carbocycles. The third-order valence-corrected chi connectivity index (χ3v) is 4.54. The van der Waals surface area contributed by atoms with Crippen LogP contribution in [0.25, 0.3) is 0 Å². The number of para-hydroxylation sites is 1. The molecule has 2 aromatic carbocycles. The van der Waals surface area contributed by atoms with Gasteiger partial charge < -0.3 is 14.4 Å². The Kier molecular flexibility index (Phi) is 4.74. The van der Waals surface area contributed by atoms with Crippen molar-refractivity contribution in [2.45, 2.75) is 12.3 Å². The highest BCUT2D eigenvalue weighted by atomic mass is 19.1. The van der Waals surface area contributed by atoms with Crippen molar-refractivity contribution in [3.63, 3.8) is 0 Å². The third kappa shape index (κ3) is 3.22. The molecule has 1 aliphatic heterocycles. The van der Waals surface area contributed by atoms with Crippen LogP contribution in [-0.2, 0) is 0 Å². The van der Waals surface area contributed by atoms with Gasteiger partial charge in [-0.3, -0.25) is 10.1 Å². The van der Waals surface area contributed by atoms with E-state index in [0.717, 1.165) is 23.8 Å². The molecule has 25 heavy (non-hydrogen) atoms. The van der Waals surface area contributed by atoms with Crippen molar-refractivity contribution in [2.75, 3.05) is 32.2 Å². The monoisotopic (exact) mass is 346 g/mol. The van der Waals surface area contributed by atoms with Gasteiger partial charge in [0, 0.05) is 31.1 Å². The first-order valence-corrected chi connectivity index (χ1v) is 7.95. The lowest BCUT2D eigenvalue weighted by atomic mass is 9.97. The molecule has 1 unspecified atom stereocenters. The van der Waals surface area contributed by atoms with Crippen LogP contribution in [0.5, 0.6) is 11.5 Å². The normalized spacial score (nSPS) is 16.8. The molecule has 1 atom stereocenters. The van der Waals surface area contributed by atoms with Gasteiger partial charge in [0.15, 0.2) is 0 Å². The number of nitro benzene ring substituents is 1. The molecule has 6 nitrogen and oxygen atoms in total. The Morgan fingerprint density at radius 3 is 2.68 bits per heavy atom. The zero-order valence-corrected chi connectivity index (χ0v) is 14.1. The second kappa shape index (κ2) is 6.96. The molecule has 7 heteroatoms. The Morgan fingerprint density at radius 1 is 1.24 bits per heavy atom. The summed E-state index contributed by atoms with van der Waals surface area (Å²) in [4.78, 5) is 12.5. The maximum Gasteiger partial charge on any atom is 0.328 e. The number of halogens is 1. The summed E-state index contributed by atoms with van der Waals surface area (Å²) in [5.41, 5.74) is 0.791. The molecule has 1 aliphatic rings. The van der Waals surface area contributed by atoms with Gasteiger partial charge in [-0.15, -0.1) is 0 Å². The van der Waals surface area contributed by atoms with Gasteiger partial charge >= 0.3 is 5.69 Å². The third-order valence-electron chi connectivity index (χ3n) is 4.54. The van der Waals surface area contributed by atoms with Gasteiger partial charge in [-0.1, -0.05) is 18.2 Å². The molecular weight excluding hydrogens is 327 g/mol. The number of ether oxygens (including phenoxy) is 2. The fourth-order valence-electron chi connectivity index (χ4n) is 3.34. The molecule has 2 aromatic rings. The predicted molar refractivity (Wildman–Crippen MR) is 92.2 cm³/mol. The van der Waals surface area contributed by atoms with E-state index < -0.39 is 16.4 Å². The zero-order chi connectivity index (χ0) is 18.0. The summed E-state index contributed by atoms with van der Waals surface area (Å²) in [5, 5.41) is 11.3. The van der Waals surface area contributed by atoms with Crippen molar-refractivity contribution >= 4 is 11.4 Å². The number of hydrogen-bond acceptors (Lipinski definition) is 5. The van der Waals surface area contributed by atoms with Crippen LogP contribution in [0, 0.1) is 15.9 Å². The fraction of sp³-hybridized carbons (Fsp3) is 0.333. The Balaban J connectivity index is 1.94. The van der Waals surface area contributed by atoms with Crippen molar-refractivity contribution in [3.05, 3.63) is 57.9 Å². The van der Waals surface area contributed by atoms with E-state index in [4.69, 9.17) is 9.47 Å². The summed E-state index contributed by atoms with van der Waals surface area (Å²) in [6.07, 6.45) is 0.802. The average Bonchev–Trinajstić information content (AvgIpc) is 3.10. The number of methoxy groups -OCH3 is 2. The maximum atomic E-state index is 14.2. The van der Waals surface area contributed by atoms with Crippen LogP contribution in [0.15, 0.2) is 36.4 Å². The summed E-state index contributed by atoms with van der Waals surface area (Å²) < 4.78 is 24.7. The van der Waals surface area contributed by atoms with E-state index in [1.165, 1.54) is 13.2 Å². The SMILES string of the molecule is COc1cc(F)c([N+](=O)[O-])c(N2CCC(c3ccccc3OC)C2)c1. The molecule has 1 saturated heterocycles. The van der Waals surface area contributed by atoms with Gasteiger partial charge in [0.2, 0.25) is 5.82 Å². The molecule has 0 spiro atoms. The van der Waals surface area contributed by atoms with Gasteiger partial charge in [-0.05, 0) is 18.1 Å². The van der Waals surface area contributed by atoms with Crippen molar-refractivity contribution in [1.82, 2.24) is 0 Å². The lowest BCUT2D eigenvalue weighted by Crippen LogP contribution is -2.21. The second-order valence-electron chi connectivity index (χ2n) is 5.91. The van der Waals surface area contributed by atoms with E-state index >= 15 is 0 Å². The summed E-state index contributed by atoms with van der Waals surface area (Å²) in [7, 11) is 3.03. The van der Waals surface area contributed by atoms with Gasteiger partial charge in [-0.25, -0.2) is 0 Å². The van der Waals surface area contributed by atoms with E-state index in [1.807, 2.05) is 29.2 Å². The van der Waals surface area contributed by atoms with Crippen LogP contribution in [0.3, 0.4) is 0 Å². The smallest absolute Gasteiger partial charge is 0.328 e. The van der Waals surface area contributed by atoms with Crippen LogP contribution in [0.4, 0.5) is 15.8 Å². The minimum absolute atomic E-state index is 0.157. The van der Waals surface area contributed by atoms with Gasteiger partial charge in [0.05, 0.1) is 19.1 Å².